The first kappa shape index (κ1) is 11.7. The first-order valence-corrected chi connectivity index (χ1v) is 4.89. The number of nitrogens with two attached hydrogens (primary N) is 1. The number of hydrogen-bond donors (Lipinski definition) is 1. The molecule has 1 aromatic rings. The third-order valence-electron chi connectivity index (χ3n) is 2.11. The van der Waals surface area contributed by atoms with Crippen LogP contribution < -0.4 is 10.5 Å². The second kappa shape index (κ2) is 4.94. The molecule has 2 atom stereocenters. The number of halogens is 1. The fourth-order valence-electron chi connectivity index (χ4n) is 1.23. The molecule has 0 amide bonds. The van der Waals surface area contributed by atoms with E-state index >= 15 is 0 Å². The normalized spacial score (nSPS) is 14.4. The Kier molecular flexibility index (Phi) is 3.86. The van der Waals surface area contributed by atoms with Gasteiger partial charge in [-0.25, -0.2) is 4.39 Å². The summed E-state index contributed by atoms with van der Waals surface area (Å²) in [5, 5.41) is 0. The fourth-order valence-corrected chi connectivity index (χ4v) is 1.23. The van der Waals surface area contributed by atoms with E-state index in [4.69, 9.17) is 10.5 Å². The molecule has 0 bridgehead atoms. The van der Waals surface area contributed by atoms with Gasteiger partial charge >= 0.3 is 0 Å². The Bertz CT molecular complexity index is 349. The summed E-state index contributed by atoms with van der Waals surface area (Å²) in [4.78, 5) is 0. The Morgan fingerprint density at radius 1 is 1.47 bits per heavy atom. The number of rotatable bonds is 4. The molecule has 15 heavy (non-hydrogen) atoms. The van der Waals surface area contributed by atoms with E-state index in [2.05, 4.69) is 6.58 Å². The molecule has 0 radical (unpaired) electrons. The second-order valence-corrected chi connectivity index (χ2v) is 3.53. The molecule has 0 aliphatic heterocycles. The maximum Gasteiger partial charge on any atom is 0.127 e. The minimum Gasteiger partial charge on any atom is -0.486 e. The van der Waals surface area contributed by atoms with Gasteiger partial charge in [0.05, 0.1) is 0 Å². The molecular formula is C12H16FNO. The molecule has 0 saturated heterocycles. The average Bonchev–Trinajstić information content (AvgIpc) is 2.17. The van der Waals surface area contributed by atoms with Crippen LogP contribution in [0.4, 0.5) is 4.39 Å². The van der Waals surface area contributed by atoms with E-state index in [1.165, 1.54) is 12.1 Å². The van der Waals surface area contributed by atoms with Gasteiger partial charge in [-0.1, -0.05) is 18.7 Å². The van der Waals surface area contributed by atoms with Crippen molar-refractivity contribution in [3.63, 3.8) is 0 Å². The molecule has 0 heterocycles. The van der Waals surface area contributed by atoms with Gasteiger partial charge in [-0.2, -0.15) is 0 Å². The van der Waals surface area contributed by atoms with Crippen LogP contribution in [0.5, 0.6) is 5.75 Å². The van der Waals surface area contributed by atoms with Gasteiger partial charge in [0.2, 0.25) is 0 Å². The molecule has 2 unspecified atom stereocenters. The second-order valence-electron chi connectivity index (χ2n) is 3.53. The van der Waals surface area contributed by atoms with Crippen LogP contribution in [0, 0.1) is 5.82 Å². The third-order valence-corrected chi connectivity index (χ3v) is 2.11. The lowest BCUT2D eigenvalue weighted by atomic mass is 10.1. The van der Waals surface area contributed by atoms with E-state index in [0.717, 1.165) is 5.56 Å². The van der Waals surface area contributed by atoms with Crippen LogP contribution in [-0.2, 0) is 0 Å². The quantitative estimate of drug-likeness (QED) is 0.774. The zero-order valence-electron chi connectivity index (χ0n) is 9.03. The lowest BCUT2D eigenvalue weighted by Gasteiger charge is -2.16. The highest BCUT2D eigenvalue weighted by Gasteiger charge is 2.10. The van der Waals surface area contributed by atoms with Crippen molar-refractivity contribution >= 4 is 0 Å². The van der Waals surface area contributed by atoms with E-state index in [0.29, 0.717) is 5.75 Å². The van der Waals surface area contributed by atoms with Gasteiger partial charge < -0.3 is 10.5 Å². The van der Waals surface area contributed by atoms with Gasteiger partial charge in [0.25, 0.3) is 0 Å². The van der Waals surface area contributed by atoms with E-state index < -0.39 is 0 Å². The summed E-state index contributed by atoms with van der Waals surface area (Å²) in [5.41, 5.74) is 6.55. The minimum atomic E-state index is -0.328. The first-order valence-electron chi connectivity index (χ1n) is 4.89. The highest BCUT2D eigenvalue weighted by atomic mass is 19.1. The monoisotopic (exact) mass is 209 g/mol. The maximum absolute atomic E-state index is 13.0. The van der Waals surface area contributed by atoms with Crippen molar-refractivity contribution in [1.29, 1.82) is 0 Å². The fraction of sp³-hybridized carbons (Fsp3) is 0.333. The van der Waals surface area contributed by atoms with Gasteiger partial charge in [0.15, 0.2) is 0 Å². The number of benzene rings is 1. The van der Waals surface area contributed by atoms with Crippen LogP contribution >= 0.6 is 0 Å². The zero-order valence-corrected chi connectivity index (χ0v) is 9.03. The van der Waals surface area contributed by atoms with Crippen molar-refractivity contribution in [3.05, 3.63) is 42.2 Å². The van der Waals surface area contributed by atoms with E-state index in [9.17, 15) is 4.39 Å². The van der Waals surface area contributed by atoms with Gasteiger partial charge in [-0.05, 0) is 19.9 Å². The summed E-state index contributed by atoms with van der Waals surface area (Å²) in [6.45, 7) is 7.27. The lowest BCUT2D eigenvalue weighted by Crippen LogP contribution is -2.13. The van der Waals surface area contributed by atoms with Crippen molar-refractivity contribution in [3.8, 4) is 5.75 Å². The van der Waals surface area contributed by atoms with Gasteiger partial charge in [-0.3, -0.25) is 0 Å². The summed E-state index contributed by atoms with van der Waals surface area (Å²) in [7, 11) is 0. The molecule has 1 rings (SSSR count). The molecule has 0 fully saturated rings. The van der Waals surface area contributed by atoms with E-state index in [1.807, 2.05) is 13.8 Å². The van der Waals surface area contributed by atoms with Crippen molar-refractivity contribution in [2.45, 2.75) is 26.0 Å². The smallest absolute Gasteiger partial charge is 0.127 e. The molecule has 2 nitrogen and oxygen atoms in total. The highest BCUT2D eigenvalue weighted by molar-refractivity contribution is 5.36. The maximum atomic E-state index is 13.0. The highest BCUT2D eigenvalue weighted by Crippen LogP contribution is 2.25. The Hall–Kier alpha value is -1.35. The van der Waals surface area contributed by atoms with Crippen LogP contribution in [0.15, 0.2) is 30.9 Å². The standard InChI is InChI=1S/C12H16FNO/c1-4-8(2)15-12-7-10(13)5-6-11(12)9(3)14/h4-9H,1,14H2,2-3H3. The minimum absolute atomic E-state index is 0.163. The molecule has 1 aromatic carbocycles. The van der Waals surface area contributed by atoms with Crippen LogP contribution in [0.25, 0.3) is 0 Å². The van der Waals surface area contributed by atoms with E-state index in [-0.39, 0.29) is 18.0 Å². The molecule has 0 spiro atoms. The molecule has 82 valence electrons. The molecule has 2 N–H and O–H groups in total. The molecule has 0 aliphatic rings. The van der Waals surface area contributed by atoms with Gasteiger partial charge in [0.1, 0.15) is 17.7 Å². The predicted octanol–water partition coefficient (Wildman–Crippen LogP) is 2.80. The third kappa shape index (κ3) is 3.06. The molecule has 0 saturated carbocycles. The molecular weight excluding hydrogens is 193 g/mol. The lowest BCUT2D eigenvalue weighted by molar-refractivity contribution is 0.265. The van der Waals surface area contributed by atoms with Crippen molar-refractivity contribution in [1.82, 2.24) is 0 Å². The molecule has 0 aromatic heterocycles. The number of hydrogen-bond acceptors (Lipinski definition) is 2. The summed E-state index contributed by atoms with van der Waals surface area (Å²) in [6, 6.07) is 4.19. The Morgan fingerprint density at radius 2 is 2.13 bits per heavy atom. The van der Waals surface area contributed by atoms with Crippen LogP contribution in [0.2, 0.25) is 0 Å². The van der Waals surface area contributed by atoms with E-state index in [1.54, 1.807) is 12.1 Å². The largest absolute Gasteiger partial charge is 0.486 e. The molecule has 0 aliphatic carbocycles. The van der Waals surface area contributed by atoms with Crippen LogP contribution in [0.3, 0.4) is 0 Å². The molecule has 3 heteroatoms. The number of ether oxygens (including phenoxy) is 1. The zero-order chi connectivity index (χ0) is 11.4. The van der Waals surface area contributed by atoms with Crippen molar-refractivity contribution in [2.24, 2.45) is 5.73 Å². The predicted molar refractivity (Wildman–Crippen MR) is 59.3 cm³/mol. The summed E-state index contributed by atoms with van der Waals surface area (Å²) < 4.78 is 18.5. The first-order chi connectivity index (χ1) is 7.04. The van der Waals surface area contributed by atoms with Crippen LogP contribution in [-0.4, -0.2) is 6.10 Å². The average molecular weight is 209 g/mol. The topological polar surface area (TPSA) is 35.2 Å². The van der Waals surface area contributed by atoms with Crippen molar-refractivity contribution in [2.75, 3.05) is 0 Å². The Balaban J connectivity index is 3.01. The van der Waals surface area contributed by atoms with Crippen LogP contribution in [0.1, 0.15) is 25.5 Å². The SMILES string of the molecule is C=CC(C)Oc1cc(F)ccc1C(C)N. The summed E-state index contributed by atoms with van der Waals surface area (Å²) in [6.07, 6.45) is 1.49. The Morgan fingerprint density at radius 3 is 2.67 bits per heavy atom. The van der Waals surface area contributed by atoms with Gasteiger partial charge in [0, 0.05) is 17.7 Å². The summed E-state index contributed by atoms with van der Waals surface area (Å²) in [5.74, 6) is 0.156. The summed E-state index contributed by atoms with van der Waals surface area (Å²) >= 11 is 0. The Labute approximate surface area is 89.6 Å². The van der Waals surface area contributed by atoms with Crippen molar-refractivity contribution < 1.29 is 9.13 Å². The van der Waals surface area contributed by atoms with Gasteiger partial charge in [-0.15, -0.1) is 0 Å².